The summed E-state index contributed by atoms with van der Waals surface area (Å²) in [4.78, 5) is 0. The highest BCUT2D eigenvalue weighted by molar-refractivity contribution is 9.10. The molecule has 0 aliphatic carbocycles. The van der Waals surface area contributed by atoms with Crippen molar-refractivity contribution in [1.82, 2.24) is 10.2 Å². The van der Waals surface area contributed by atoms with Crippen molar-refractivity contribution in [1.29, 1.82) is 0 Å². The minimum atomic E-state index is 0.0594. The summed E-state index contributed by atoms with van der Waals surface area (Å²) in [6.07, 6.45) is 0. The van der Waals surface area contributed by atoms with Crippen molar-refractivity contribution in [3.05, 3.63) is 40.0 Å². The third-order valence-corrected chi connectivity index (χ3v) is 3.74. The van der Waals surface area contributed by atoms with E-state index in [9.17, 15) is 0 Å². The minimum absolute atomic E-state index is 0.0594. The third-order valence-electron chi connectivity index (χ3n) is 2.62. The molecule has 0 saturated carbocycles. The fraction of sp³-hybridized carbons (Fsp3) is 0.167. The minimum Gasteiger partial charge on any atom is -0.459 e. The van der Waals surface area contributed by atoms with E-state index in [0.717, 1.165) is 26.3 Å². The Bertz CT molecular complexity index is 665. The third kappa shape index (κ3) is 2.26. The molecule has 0 saturated heterocycles. The molecule has 0 aliphatic rings. The number of halogens is 1. The molecular formula is C12H10BrN3OS. The second-order valence-electron chi connectivity index (χ2n) is 3.94. The Morgan fingerprint density at radius 3 is 3.06 bits per heavy atom. The Hall–Kier alpha value is -1.40. The van der Waals surface area contributed by atoms with E-state index >= 15 is 0 Å². The number of nitrogens with zero attached hydrogens (tertiary/aromatic N) is 2. The first kappa shape index (κ1) is 11.7. The van der Waals surface area contributed by atoms with Gasteiger partial charge in [0.25, 0.3) is 0 Å². The average Bonchev–Trinajstić information content (AvgIpc) is 2.96. The highest BCUT2D eigenvalue weighted by atomic mass is 79.9. The summed E-state index contributed by atoms with van der Waals surface area (Å²) < 4.78 is 6.85. The molecule has 2 aromatic heterocycles. The zero-order chi connectivity index (χ0) is 12.5. The molecule has 0 fully saturated rings. The smallest absolute Gasteiger partial charge is 0.205 e. The number of nitrogens with one attached hydrogen (secondary N) is 1. The van der Waals surface area contributed by atoms with Crippen molar-refractivity contribution in [3.8, 4) is 0 Å². The molecule has 0 amide bonds. The summed E-state index contributed by atoms with van der Waals surface area (Å²) in [6, 6.07) is 8.07. The largest absolute Gasteiger partial charge is 0.459 e. The van der Waals surface area contributed by atoms with Crippen LogP contribution in [-0.2, 0) is 0 Å². The summed E-state index contributed by atoms with van der Waals surface area (Å²) in [7, 11) is 0. The lowest BCUT2D eigenvalue weighted by atomic mass is 10.2. The van der Waals surface area contributed by atoms with Gasteiger partial charge in [0.05, 0.1) is 6.04 Å². The van der Waals surface area contributed by atoms with Crippen molar-refractivity contribution in [3.63, 3.8) is 0 Å². The lowest BCUT2D eigenvalue weighted by Gasteiger charge is -2.08. The maximum atomic E-state index is 5.81. The van der Waals surface area contributed by atoms with Gasteiger partial charge in [0.1, 0.15) is 16.9 Å². The summed E-state index contributed by atoms with van der Waals surface area (Å²) in [5, 5.41) is 12.9. The molecule has 0 spiro atoms. The fourth-order valence-corrected chi connectivity index (χ4v) is 2.65. The van der Waals surface area contributed by atoms with Crippen molar-refractivity contribution < 1.29 is 4.42 Å². The fourth-order valence-electron chi connectivity index (χ4n) is 1.74. The Balaban J connectivity index is 1.89. The van der Waals surface area contributed by atoms with Crippen LogP contribution in [0.15, 0.2) is 38.7 Å². The number of hydrogen-bond donors (Lipinski definition) is 1. The van der Waals surface area contributed by atoms with E-state index in [1.165, 1.54) is 11.3 Å². The maximum Gasteiger partial charge on any atom is 0.205 e. The Morgan fingerprint density at radius 2 is 2.28 bits per heavy atom. The topological polar surface area (TPSA) is 51.0 Å². The van der Waals surface area contributed by atoms with Gasteiger partial charge in [-0.1, -0.05) is 27.3 Å². The van der Waals surface area contributed by atoms with E-state index in [0.29, 0.717) is 0 Å². The van der Waals surface area contributed by atoms with Crippen LogP contribution < -0.4 is 5.32 Å². The normalized spacial score (nSPS) is 12.8. The van der Waals surface area contributed by atoms with E-state index in [-0.39, 0.29) is 6.04 Å². The van der Waals surface area contributed by atoms with Crippen LogP contribution in [0, 0.1) is 0 Å². The van der Waals surface area contributed by atoms with Crippen molar-refractivity contribution in [2.24, 2.45) is 0 Å². The second kappa shape index (κ2) is 4.70. The Kier molecular flexibility index (Phi) is 3.05. The van der Waals surface area contributed by atoms with Gasteiger partial charge in [-0.05, 0) is 31.2 Å². The first-order valence-electron chi connectivity index (χ1n) is 5.44. The SMILES string of the molecule is CC(Nc1nncs1)c1cc2cc(Br)ccc2o1. The van der Waals surface area contributed by atoms with Gasteiger partial charge >= 0.3 is 0 Å². The standard InChI is InChI=1S/C12H10BrN3OS/c1-7(15-12-16-14-6-18-12)11-5-8-4-9(13)2-3-10(8)17-11/h2-7H,1H3,(H,15,16). The Labute approximate surface area is 116 Å². The molecule has 3 aromatic rings. The van der Waals surface area contributed by atoms with Crippen LogP contribution in [0.25, 0.3) is 11.0 Å². The number of aromatic nitrogens is 2. The van der Waals surface area contributed by atoms with Crippen LogP contribution in [0.1, 0.15) is 18.7 Å². The van der Waals surface area contributed by atoms with Crippen molar-refractivity contribution >= 4 is 43.4 Å². The summed E-state index contributed by atoms with van der Waals surface area (Å²) in [6.45, 7) is 2.04. The van der Waals surface area contributed by atoms with Gasteiger partial charge in [-0.3, -0.25) is 0 Å². The van der Waals surface area contributed by atoms with Crippen LogP contribution in [0.5, 0.6) is 0 Å². The molecule has 92 valence electrons. The molecule has 0 radical (unpaired) electrons. The molecule has 0 aliphatic heterocycles. The number of fused-ring (bicyclic) bond motifs is 1. The van der Waals surface area contributed by atoms with Crippen molar-refractivity contribution in [2.45, 2.75) is 13.0 Å². The molecule has 18 heavy (non-hydrogen) atoms. The van der Waals surface area contributed by atoms with Crippen LogP contribution in [-0.4, -0.2) is 10.2 Å². The van der Waals surface area contributed by atoms with Gasteiger partial charge in [0.2, 0.25) is 5.13 Å². The summed E-state index contributed by atoms with van der Waals surface area (Å²) in [5.41, 5.74) is 2.59. The van der Waals surface area contributed by atoms with Gasteiger partial charge in [-0.25, -0.2) is 0 Å². The van der Waals surface area contributed by atoms with E-state index < -0.39 is 0 Å². The van der Waals surface area contributed by atoms with Gasteiger partial charge < -0.3 is 9.73 Å². The molecular weight excluding hydrogens is 314 g/mol. The molecule has 0 bridgehead atoms. The van der Waals surface area contributed by atoms with E-state index in [1.54, 1.807) is 5.51 Å². The summed E-state index contributed by atoms with van der Waals surface area (Å²) >= 11 is 4.93. The average molecular weight is 324 g/mol. The van der Waals surface area contributed by atoms with Crippen LogP contribution >= 0.6 is 27.3 Å². The maximum absolute atomic E-state index is 5.81. The van der Waals surface area contributed by atoms with Crippen molar-refractivity contribution in [2.75, 3.05) is 5.32 Å². The predicted octanol–water partition coefficient (Wildman–Crippen LogP) is 4.22. The van der Waals surface area contributed by atoms with E-state index in [1.807, 2.05) is 31.2 Å². The van der Waals surface area contributed by atoms with Gasteiger partial charge in [-0.2, -0.15) is 0 Å². The lowest BCUT2D eigenvalue weighted by Crippen LogP contribution is -2.04. The lowest BCUT2D eigenvalue weighted by molar-refractivity contribution is 0.526. The molecule has 1 aromatic carbocycles. The Morgan fingerprint density at radius 1 is 1.39 bits per heavy atom. The zero-order valence-corrected chi connectivity index (χ0v) is 12.0. The van der Waals surface area contributed by atoms with Gasteiger partial charge in [-0.15, -0.1) is 10.2 Å². The van der Waals surface area contributed by atoms with Crippen LogP contribution in [0.4, 0.5) is 5.13 Å². The molecule has 3 rings (SSSR count). The van der Waals surface area contributed by atoms with Crippen LogP contribution in [0.3, 0.4) is 0 Å². The second-order valence-corrected chi connectivity index (χ2v) is 5.69. The van der Waals surface area contributed by atoms with E-state index in [4.69, 9.17) is 4.42 Å². The van der Waals surface area contributed by atoms with Crippen LogP contribution in [0.2, 0.25) is 0 Å². The molecule has 1 N–H and O–H groups in total. The number of rotatable bonds is 3. The molecule has 6 heteroatoms. The number of benzene rings is 1. The molecule has 1 unspecified atom stereocenters. The zero-order valence-electron chi connectivity index (χ0n) is 9.55. The van der Waals surface area contributed by atoms with Gasteiger partial charge in [0, 0.05) is 9.86 Å². The molecule has 2 heterocycles. The molecule has 1 atom stereocenters. The predicted molar refractivity (Wildman–Crippen MR) is 75.9 cm³/mol. The number of hydrogen-bond acceptors (Lipinski definition) is 5. The monoisotopic (exact) mass is 323 g/mol. The van der Waals surface area contributed by atoms with E-state index in [2.05, 4.69) is 31.4 Å². The quantitative estimate of drug-likeness (QED) is 0.784. The first-order chi connectivity index (χ1) is 8.72. The highest BCUT2D eigenvalue weighted by Crippen LogP contribution is 2.28. The number of furan rings is 1. The molecule has 4 nitrogen and oxygen atoms in total. The number of anilines is 1. The highest BCUT2D eigenvalue weighted by Gasteiger charge is 2.12. The van der Waals surface area contributed by atoms with Gasteiger partial charge in [0.15, 0.2) is 0 Å². The summed E-state index contributed by atoms with van der Waals surface area (Å²) in [5.74, 6) is 0.887. The first-order valence-corrected chi connectivity index (χ1v) is 7.11.